The van der Waals surface area contributed by atoms with Gasteiger partial charge in [-0.25, -0.2) is 0 Å². The van der Waals surface area contributed by atoms with E-state index in [0.717, 1.165) is 0 Å². The van der Waals surface area contributed by atoms with Crippen molar-refractivity contribution in [1.82, 2.24) is 4.90 Å². The van der Waals surface area contributed by atoms with Gasteiger partial charge in [0.05, 0.1) is 17.7 Å². The van der Waals surface area contributed by atoms with E-state index in [0.29, 0.717) is 30.8 Å². The van der Waals surface area contributed by atoms with Gasteiger partial charge in [-0.05, 0) is 31.3 Å². The zero-order valence-corrected chi connectivity index (χ0v) is 10.9. The van der Waals surface area contributed by atoms with Gasteiger partial charge in [-0.3, -0.25) is 0 Å². The second-order valence-electron chi connectivity index (χ2n) is 4.27. The van der Waals surface area contributed by atoms with E-state index in [4.69, 9.17) is 15.3 Å². The summed E-state index contributed by atoms with van der Waals surface area (Å²) in [7, 11) is 1.85. The predicted molar refractivity (Wildman–Crippen MR) is 70.4 cm³/mol. The molecule has 0 fully saturated rings. The molecule has 19 heavy (non-hydrogen) atoms. The maximum Gasteiger partial charge on any atom is 0.119 e. The SMILES string of the molecule is CN(CCC#N)CC(O)COc1ccc(C#N)cc1. The highest BCUT2D eigenvalue weighted by atomic mass is 16.5. The van der Waals surface area contributed by atoms with E-state index in [2.05, 4.69) is 6.07 Å². The van der Waals surface area contributed by atoms with Gasteiger partial charge in [-0.15, -0.1) is 0 Å². The summed E-state index contributed by atoms with van der Waals surface area (Å²) < 4.78 is 5.42. The molecular formula is C14H17N3O2. The van der Waals surface area contributed by atoms with Crippen LogP contribution >= 0.6 is 0 Å². The van der Waals surface area contributed by atoms with E-state index in [-0.39, 0.29) is 6.61 Å². The van der Waals surface area contributed by atoms with Gasteiger partial charge in [-0.2, -0.15) is 10.5 Å². The molecule has 0 aliphatic carbocycles. The van der Waals surface area contributed by atoms with E-state index in [1.165, 1.54) is 0 Å². The van der Waals surface area contributed by atoms with Crippen molar-refractivity contribution in [1.29, 1.82) is 10.5 Å². The molecule has 0 heterocycles. The smallest absolute Gasteiger partial charge is 0.119 e. The Bertz CT molecular complexity index is 459. The quantitative estimate of drug-likeness (QED) is 0.794. The summed E-state index contributed by atoms with van der Waals surface area (Å²) in [5, 5.41) is 26.9. The van der Waals surface area contributed by atoms with Crippen molar-refractivity contribution < 1.29 is 9.84 Å². The molecule has 1 aromatic rings. The number of hydrogen-bond donors (Lipinski definition) is 1. The van der Waals surface area contributed by atoms with Crippen LogP contribution in [0.15, 0.2) is 24.3 Å². The number of ether oxygens (including phenoxy) is 1. The third-order valence-corrected chi connectivity index (χ3v) is 2.55. The first-order chi connectivity index (χ1) is 9.15. The molecule has 0 bridgehead atoms. The summed E-state index contributed by atoms with van der Waals surface area (Å²) in [4.78, 5) is 1.88. The first kappa shape index (κ1) is 15.0. The third kappa shape index (κ3) is 5.87. The largest absolute Gasteiger partial charge is 0.491 e. The molecule has 1 N–H and O–H groups in total. The van der Waals surface area contributed by atoms with Gasteiger partial charge < -0.3 is 14.7 Å². The highest BCUT2D eigenvalue weighted by Crippen LogP contribution is 2.11. The van der Waals surface area contributed by atoms with Crippen LogP contribution in [-0.4, -0.2) is 42.9 Å². The molecule has 0 radical (unpaired) electrons. The first-order valence-corrected chi connectivity index (χ1v) is 6.02. The average Bonchev–Trinajstić information content (AvgIpc) is 2.43. The van der Waals surface area contributed by atoms with Crippen LogP contribution in [0.25, 0.3) is 0 Å². The summed E-state index contributed by atoms with van der Waals surface area (Å²) >= 11 is 0. The third-order valence-electron chi connectivity index (χ3n) is 2.55. The number of aliphatic hydroxyl groups is 1. The van der Waals surface area contributed by atoms with Crippen LogP contribution in [0.3, 0.4) is 0 Å². The van der Waals surface area contributed by atoms with Gasteiger partial charge in [0.25, 0.3) is 0 Å². The average molecular weight is 259 g/mol. The van der Waals surface area contributed by atoms with Crippen LogP contribution in [0.5, 0.6) is 5.75 Å². The summed E-state index contributed by atoms with van der Waals surface area (Å²) in [6.07, 6.45) is -0.168. The minimum atomic E-state index is -0.612. The molecule has 1 atom stereocenters. The van der Waals surface area contributed by atoms with Gasteiger partial charge in [0.2, 0.25) is 0 Å². The number of nitrogens with zero attached hydrogens (tertiary/aromatic N) is 3. The normalized spacial score (nSPS) is 11.6. The molecule has 1 unspecified atom stereocenters. The molecule has 0 aliphatic rings. The van der Waals surface area contributed by atoms with Crippen molar-refractivity contribution in [3.05, 3.63) is 29.8 Å². The Morgan fingerprint density at radius 1 is 1.32 bits per heavy atom. The molecule has 100 valence electrons. The zero-order valence-electron chi connectivity index (χ0n) is 10.9. The van der Waals surface area contributed by atoms with Gasteiger partial charge >= 0.3 is 0 Å². The highest BCUT2D eigenvalue weighted by Gasteiger charge is 2.09. The predicted octanol–water partition coefficient (Wildman–Crippen LogP) is 1.14. The Kier molecular flexibility index (Phi) is 6.38. The fourth-order valence-electron chi connectivity index (χ4n) is 1.56. The lowest BCUT2D eigenvalue weighted by Gasteiger charge is -2.19. The Hall–Kier alpha value is -2.08. The van der Waals surface area contributed by atoms with Crippen LogP contribution < -0.4 is 4.74 Å². The van der Waals surface area contributed by atoms with Crippen LogP contribution in [0.1, 0.15) is 12.0 Å². The highest BCUT2D eigenvalue weighted by molar-refractivity contribution is 5.34. The van der Waals surface area contributed by atoms with Crippen molar-refractivity contribution in [3.63, 3.8) is 0 Å². The van der Waals surface area contributed by atoms with Gasteiger partial charge in [0.1, 0.15) is 18.5 Å². The molecule has 0 amide bonds. The molecule has 5 heteroatoms. The number of likely N-dealkylation sites (N-methyl/N-ethyl adjacent to an activating group) is 1. The lowest BCUT2D eigenvalue weighted by atomic mass is 10.2. The molecule has 5 nitrogen and oxygen atoms in total. The summed E-state index contributed by atoms with van der Waals surface area (Å²) in [5.41, 5.74) is 0.573. The Morgan fingerprint density at radius 3 is 2.58 bits per heavy atom. The molecule has 0 saturated heterocycles. The number of nitriles is 2. The van der Waals surface area contributed by atoms with E-state index < -0.39 is 6.10 Å². The van der Waals surface area contributed by atoms with Crippen LogP contribution in [0.2, 0.25) is 0 Å². The minimum absolute atomic E-state index is 0.183. The second kappa shape index (κ2) is 8.10. The molecule has 1 rings (SSSR count). The number of rotatable bonds is 7. The van der Waals surface area contributed by atoms with Crippen LogP contribution in [0, 0.1) is 22.7 Å². The van der Waals surface area contributed by atoms with Crippen molar-refractivity contribution >= 4 is 0 Å². The summed E-state index contributed by atoms with van der Waals surface area (Å²) in [6, 6.07) is 10.8. The zero-order chi connectivity index (χ0) is 14.1. The number of benzene rings is 1. The Balaban J connectivity index is 2.31. The standard InChI is InChI=1S/C14H17N3O2/c1-17(8-2-7-15)10-13(18)11-19-14-5-3-12(9-16)4-6-14/h3-6,13,18H,2,8,10-11H2,1H3. The van der Waals surface area contributed by atoms with Crippen molar-refractivity contribution in [2.45, 2.75) is 12.5 Å². The maximum absolute atomic E-state index is 9.78. The molecule has 0 saturated carbocycles. The fourth-order valence-corrected chi connectivity index (χ4v) is 1.56. The van der Waals surface area contributed by atoms with Crippen LogP contribution in [0.4, 0.5) is 0 Å². The van der Waals surface area contributed by atoms with E-state index >= 15 is 0 Å². The monoisotopic (exact) mass is 259 g/mol. The van der Waals surface area contributed by atoms with Gasteiger partial charge in [0.15, 0.2) is 0 Å². The first-order valence-electron chi connectivity index (χ1n) is 6.02. The Labute approximate surface area is 113 Å². The fraction of sp³-hybridized carbons (Fsp3) is 0.429. The van der Waals surface area contributed by atoms with Gasteiger partial charge in [-0.1, -0.05) is 0 Å². The lowest BCUT2D eigenvalue weighted by Crippen LogP contribution is -2.33. The molecule has 1 aromatic carbocycles. The molecule has 0 aromatic heterocycles. The number of aliphatic hydroxyl groups excluding tert-OH is 1. The van der Waals surface area contributed by atoms with Gasteiger partial charge in [0, 0.05) is 19.5 Å². The molecule has 0 spiro atoms. The van der Waals surface area contributed by atoms with Crippen molar-refractivity contribution in [2.24, 2.45) is 0 Å². The van der Waals surface area contributed by atoms with Crippen molar-refractivity contribution in [3.8, 4) is 17.9 Å². The van der Waals surface area contributed by atoms with E-state index in [1.807, 2.05) is 18.0 Å². The minimum Gasteiger partial charge on any atom is -0.491 e. The molecule has 0 aliphatic heterocycles. The van der Waals surface area contributed by atoms with Crippen LogP contribution in [-0.2, 0) is 0 Å². The second-order valence-corrected chi connectivity index (χ2v) is 4.27. The van der Waals surface area contributed by atoms with Crippen molar-refractivity contribution in [2.75, 3.05) is 26.7 Å². The molecular weight excluding hydrogens is 242 g/mol. The Morgan fingerprint density at radius 2 is 2.00 bits per heavy atom. The maximum atomic E-state index is 9.78. The number of hydrogen-bond acceptors (Lipinski definition) is 5. The summed E-state index contributed by atoms with van der Waals surface area (Å²) in [6.45, 7) is 1.27. The lowest BCUT2D eigenvalue weighted by molar-refractivity contribution is 0.0770. The van der Waals surface area contributed by atoms with E-state index in [1.54, 1.807) is 24.3 Å². The van der Waals surface area contributed by atoms with E-state index in [9.17, 15) is 5.11 Å². The topological polar surface area (TPSA) is 80.3 Å². The summed E-state index contributed by atoms with van der Waals surface area (Å²) in [5.74, 6) is 0.623.